The molecule has 5 heteroatoms. The van der Waals surface area contributed by atoms with Gasteiger partial charge in [0.1, 0.15) is 5.75 Å². The summed E-state index contributed by atoms with van der Waals surface area (Å²) in [6.07, 6.45) is 1.65. The molecule has 1 aromatic carbocycles. The zero-order valence-corrected chi connectivity index (χ0v) is 12.2. The number of hydrogen-bond acceptors (Lipinski definition) is 4. The average Bonchev–Trinajstić information content (AvgIpc) is 2.99. The monoisotopic (exact) mass is 277 g/mol. The first-order valence-electron chi connectivity index (χ1n) is 7.04. The molecule has 5 nitrogen and oxygen atoms in total. The lowest BCUT2D eigenvalue weighted by Crippen LogP contribution is -2.35. The molecule has 0 radical (unpaired) electrons. The quantitative estimate of drug-likeness (QED) is 0.823. The van der Waals surface area contributed by atoms with E-state index in [1.165, 1.54) is 0 Å². The molecule has 1 aromatic rings. The second-order valence-corrected chi connectivity index (χ2v) is 5.13. The summed E-state index contributed by atoms with van der Waals surface area (Å²) in [6, 6.07) is 8.01. The fourth-order valence-electron chi connectivity index (χ4n) is 2.44. The van der Waals surface area contributed by atoms with E-state index < -0.39 is 0 Å². The molecule has 1 aliphatic rings. The third kappa shape index (κ3) is 3.95. The van der Waals surface area contributed by atoms with Gasteiger partial charge >= 0.3 is 0 Å². The van der Waals surface area contributed by atoms with Crippen molar-refractivity contribution in [2.24, 2.45) is 0 Å². The van der Waals surface area contributed by atoms with E-state index in [0.717, 1.165) is 31.7 Å². The van der Waals surface area contributed by atoms with Crippen LogP contribution in [-0.2, 0) is 4.79 Å². The number of para-hydroxylation sites is 2. The van der Waals surface area contributed by atoms with Crippen molar-refractivity contribution in [3.63, 3.8) is 0 Å². The number of carbonyl (C=O) groups is 1. The van der Waals surface area contributed by atoms with Crippen LogP contribution >= 0.6 is 0 Å². The molecule has 110 valence electrons. The fraction of sp³-hybridized carbons (Fsp3) is 0.533. The standard InChI is InChI=1S/C15H23N3O2/c1-18(12-7-9-16-11-12)10-8-15(19)17-13-5-3-4-6-14(13)20-2/h3-6,12,16H,7-11H2,1-2H3,(H,17,19). The van der Waals surface area contributed by atoms with E-state index in [9.17, 15) is 4.79 Å². The highest BCUT2D eigenvalue weighted by molar-refractivity contribution is 5.92. The third-order valence-electron chi connectivity index (χ3n) is 3.73. The first kappa shape index (κ1) is 14.8. The zero-order valence-electron chi connectivity index (χ0n) is 12.2. The molecule has 0 saturated carbocycles. The molecule has 1 heterocycles. The molecule has 1 aliphatic heterocycles. The van der Waals surface area contributed by atoms with Crippen molar-refractivity contribution < 1.29 is 9.53 Å². The highest BCUT2D eigenvalue weighted by Gasteiger charge is 2.19. The SMILES string of the molecule is COc1ccccc1NC(=O)CCN(C)C1CCNC1. The Morgan fingerprint density at radius 3 is 3.00 bits per heavy atom. The van der Waals surface area contributed by atoms with Crippen LogP contribution in [0.25, 0.3) is 0 Å². The van der Waals surface area contributed by atoms with Crippen molar-refractivity contribution in [2.75, 3.05) is 39.1 Å². The minimum Gasteiger partial charge on any atom is -0.495 e. The largest absolute Gasteiger partial charge is 0.495 e. The molecule has 2 rings (SSSR count). The summed E-state index contributed by atoms with van der Waals surface area (Å²) in [7, 11) is 3.68. The molecular formula is C15H23N3O2. The van der Waals surface area contributed by atoms with Gasteiger partial charge in [0.05, 0.1) is 12.8 Å². The van der Waals surface area contributed by atoms with Gasteiger partial charge in [-0.1, -0.05) is 12.1 Å². The van der Waals surface area contributed by atoms with Gasteiger partial charge in [-0.05, 0) is 32.1 Å². The molecule has 0 spiro atoms. The Hall–Kier alpha value is -1.59. The number of benzene rings is 1. The van der Waals surface area contributed by atoms with Crippen LogP contribution in [0.15, 0.2) is 24.3 Å². The minimum absolute atomic E-state index is 0.0207. The van der Waals surface area contributed by atoms with Crippen LogP contribution in [0, 0.1) is 0 Å². The summed E-state index contributed by atoms with van der Waals surface area (Å²) < 4.78 is 5.22. The van der Waals surface area contributed by atoms with Crippen LogP contribution in [0.4, 0.5) is 5.69 Å². The van der Waals surface area contributed by atoms with Crippen LogP contribution in [0.5, 0.6) is 5.75 Å². The van der Waals surface area contributed by atoms with Gasteiger partial charge in [0.15, 0.2) is 0 Å². The highest BCUT2D eigenvalue weighted by atomic mass is 16.5. The topological polar surface area (TPSA) is 53.6 Å². The number of ether oxygens (including phenoxy) is 1. The van der Waals surface area contributed by atoms with Crippen LogP contribution in [0.2, 0.25) is 0 Å². The van der Waals surface area contributed by atoms with Gasteiger partial charge in [-0.2, -0.15) is 0 Å². The second kappa shape index (κ2) is 7.26. The van der Waals surface area contributed by atoms with E-state index in [0.29, 0.717) is 18.2 Å². The van der Waals surface area contributed by atoms with Crippen LogP contribution in [-0.4, -0.2) is 50.6 Å². The summed E-state index contributed by atoms with van der Waals surface area (Å²) in [5.41, 5.74) is 0.727. The van der Waals surface area contributed by atoms with Gasteiger partial charge in [-0.25, -0.2) is 0 Å². The molecular weight excluding hydrogens is 254 g/mol. The summed E-state index contributed by atoms with van der Waals surface area (Å²) in [5, 5.41) is 6.24. The van der Waals surface area contributed by atoms with Crippen molar-refractivity contribution in [1.82, 2.24) is 10.2 Å². The first-order valence-corrected chi connectivity index (χ1v) is 7.04. The van der Waals surface area contributed by atoms with Crippen molar-refractivity contribution in [3.8, 4) is 5.75 Å². The lowest BCUT2D eigenvalue weighted by molar-refractivity contribution is -0.116. The Labute approximate surface area is 120 Å². The molecule has 1 atom stereocenters. The minimum atomic E-state index is 0.0207. The van der Waals surface area contributed by atoms with Crippen LogP contribution < -0.4 is 15.4 Å². The maximum Gasteiger partial charge on any atom is 0.225 e. The lowest BCUT2D eigenvalue weighted by Gasteiger charge is -2.23. The Bertz CT molecular complexity index is 444. The smallest absolute Gasteiger partial charge is 0.225 e. The Morgan fingerprint density at radius 1 is 1.50 bits per heavy atom. The second-order valence-electron chi connectivity index (χ2n) is 5.13. The molecule has 20 heavy (non-hydrogen) atoms. The molecule has 0 aromatic heterocycles. The van der Waals surface area contributed by atoms with Gasteiger partial charge in [-0.3, -0.25) is 4.79 Å². The number of carbonyl (C=O) groups excluding carboxylic acids is 1. The number of likely N-dealkylation sites (N-methyl/N-ethyl adjacent to an activating group) is 1. The normalized spacial score (nSPS) is 18.2. The summed E-state index contributed by atoms with van der Waals surface area (Å²) in [5.74, 6) is 0.710. The fourth-order valence-corrected chi connectivity index (χ4v) is 2.44. The summed E-state index contributed by atoms with van der Waals surface area (Å²) >= 11 is 0. The molecule has 2 N–H and O–H groups in total. The number of anilines is 1. The highest BCUT2D eigenvalue weighted by Crippen LogP contribution is 2.23. The van der Waals surface area contributed by atoms with Crippen LogP contribution in [0.1, 0.15) is 12.8 Å². The number of amides is 1. The van der Waals surface area contributed by atoms with E-state index in [1.807, 2.05) is 24.3 Å². The number of nitrogens with zero attached hydrogens (tertiary/aromatic N) is 1. The van der Waals surface area contributed by atoms with Gasteiger partial charge < -0.3 is 20.3 Å². The predicted molar refractivity (Wildman–Crippen MR) is 80.1 cm³/mol. The number of hydrogen-bond donors (Lipinski definition) is 2. The van der Waals surface area contributed by atoms with Gasteiger partial charge in [0.25, 0.3) is 0 Å². The Kier molecular flexibility index (Phi) is 5.38. The van der Waals surface area contributed by atoms with E-state index >= 15 is 0 Å². The third-order valence-corrected chi connectivity index (χ3v) is 3.73. The molecule has 0 bridgehead atoms. The first-order chi connectivity index (χ1) is 9.70. The van der Waals surface area contributed by atoms with E-state index in [-0.39, 0.29) is 5.91 Å². The molecule has 0 aliphatic carbocycles. The van der Waals surface area contributed by atoms with Crippen molar-refractivity contribution in [3.05, 3.63) is 24.3 Å². The van der Waals surface area contributed by atoms with Crippen LogP contribution in [0.3, 0.4) is 0 Å². The Morgan fingerprint density at radius 2 is 2.30 bits per heavy atom. The number of rotatable bonds is 6. The summed E-state index contributed by atoms with van der Waals surface area (Å²) in [6.45, 7) is 2.86. The average molecular weight is 277 g/mol. The zero-order chi connectivity index (χ0) is 14.4. The van der Waals surface area contributed by atoms with Crippen molar-refractivity contribution in [1.29, 1.82) is 0 Å². The van der Waals surface area contributed by atoms with Gasteiger partial charge in [0, 0.05) is 25.6 Å². The van der Waals surface area contributed by atoms with Crippen molar-refractivity contribution in [2.45, 2.75) is 18.9 Å². The molecule has 1 amide bonds. The molecule has 1 saturated heterocycles. The summed E-state index contributed by atoms with van der Waals surface area (Å²) in [4.78, 5) is 14.2. The predicted octanol–water partition coefficient (Wildman–Crippen LogP) is 1.32. The molecule has 1 fully saturated rings. The lowest BCUT2D eigenvalue weighted by atomic mass is 10.2. The maximum atomic E-state index is 12.0. The van der Waals surface area contributed by atoms with Gasteiger partial charge in [0.2, 0.25) is 5.91 Å². The molecule has 1 unspecified atom stereocenters. The van der Waals surface area contributed by atoms with Gasteiger partial charge in [-0.15, -0.1) is 0 Å². The number of methoxy groups -OCH3 is 1. The van der Waals surface area contributed by atoms with Crippen molar-refractivity contribution >= 4 is 11.6 Å². The number of nitrogens with one attached hydrogen (secondary N) is 2. The van der Waals surface area contributed by atoms with E-state index in [1.54, 1.807) is 7.11 Å². The Balaban J connectivity index is 1.80. The van der Waals surface area contributed by atoms with E-state index in [4.69, 9.17) is 4.74 Å². The van der Waals surface area contributed by atoms with E-state index in [2.05, 4.69) is 22.6 Å². The maximum absolute atomic E-state index is 12.0.